The maximum atomic E-state index is 13.0. The molecule has 1 aliphatic heterocycles. The van der Waals surface area contributed by atoms with Gasteiger partial charge < -0.3 is 10.6 Å². The van der Waals surface area contributed by atoms with Gasteiger partial charge in [0.2, 0.25) is 11.9 Å². The van der Waals surface area contributed by atoms with Crippen LogP contribution in [0.5, 0.6) is 0 Å². The van der Waals surface area contributed by atoms with Crippen molar-refractivity contribution in [2.24, 2.45) is 5.41 Å². The molecule has 134 valence electrons. The molecule has 0 saturated heterocycles. The predicted octanol–water partition coefficient (Wildman–Crippen LogP) is 2.89. The SMILES string of the molecule is CC(=O)Nc1ccc([C@H]2C3=C(CC(C)(C)CC3=O)Nc3ncnn32)cc1. The number of allylic oxidation sites excluding steroid dienone is 2. The van der Waals surface area contributed by atoms with Crippen molar-refractivity contribution in [3.8, 4) is 0 Å². The Morgan fingerprint density at radius 2 is 2.00 bits per heavy atom. The summed E-state index contributed by atoms with van der Waals surface area (Å²) in [5.74, 6) is 0.666. The third-order valence-corrected chi connectivity index (χ3v) is 4.82. The Morgan fingerprint density at radius 3 is 2.69 bits per heavy atom. The third kappa shape index (κ3) is 2.79. The minimum Gasteiger partial charge on any atom is -0.328 e. The van der Waals surface area contributed by atoms with E-state index in [4.69, 9.17) is 0 Å². The molecule has 7 nitrogen and oxygen atoms in total. The summed E-state index contributed by atoms with van der Waals surface area (Å²) in [5.41, 5.74) is 3.27. The zero-order chi connectivity index (χ0) is 18.5. The van der Waals surface area contributed by atoms with Crippen LogP contribution in [0.3, 0.4) is 0 Å². The second-order valence-electron chi connectivity index (χ2n) is 7.69. The van der Waals surface area contributed by atoms with Crippen LogP contribution in [0.25, 0.3) is 0 Å². The van der Waals surface area contributed by atoms with Crippen molar-refractivity contribution in [2.75, 3.05) is 10.6 Å². The molecule has 0 radical (unpaired) electrons. The van der Waals surface area contributed by atoms with E-state index in [1.807, 2.05) is 24.3 Å². The van der Waals surface area contributed by atoms with E-state index in [0.717, 1.165) is 28.9 Å². The fourth-order valence-electron chi connectivity index (χ4n) is 3.81. The number of nitrogens with one attached hydrogen (secondary N) is 2. The Balaban J connectivity index is 1.79. The molecule has 4 rings (SSSR count). The maximum absolute atomic E-state index is 13.0. The van der Waals surface area contributed by atoms with Gasteiger partial charge in [-0.2, -0.15) is 10.1 Å². The number of Topliss-reactive ketones (excluding diaryl/α,β-unsaturated/α-hetero) is 1. The average molecular weight is 351 g/mol. The Labute approximate surface area is 151 Å². The Bertz CT molecular complexity index is 924. The Kier molecular flexibility index (Phi) is 3.68. The van der Waals surface area contributed by atoms with E-state index < -0.39 is 0 Å². The zero-order valence-corrected chi connectivity index (χ0v) is 15.0. The van der Waals surface area contributed by atoms with Crippen molar-refractivity contribution in [1.82, 2.24) is 14.8 Å². The standard InChI is InChI=1S/C19H21N5O2/c1-11(25)22-13-6-4-12(5-7-13)17-16-14(8-19(2,3)9-15(16)26)23-18-20-10-21-24(17)18/h4-7,10,17H,8-9H2,1-3H3,(H,22,25)(H,20,21,23)/t17-/m0/s1. The first-order valence-electron chi connectivity index (χ1n) is 8.64. The molecule has 0 saturated carbocycles. The molecule has 0 bridgehead atoms. The van der Waals surface area contributed by atoms with Gasteiger partial charge in [0.05, 0.1) is 0 Å². The number of fused-ring (bicyclic) bond motifs is 1. The molecule has 0 fully saturated rings. The lowest BCUT2D eigenvalue weighted by atomic mass is 9.73. The van der Waals surface area contributed by atoms with Crippen LogP contribution in [0.15, 0.2) is 41.9 Å². The van der Waals surface area contributed by atoms with Crippen LogP contribution in [0.2, 0.25) is 0 Å². The summed E-state index contributed by atoms with van der Waals surface area (Å²) in [6.07, 6.45) is 2.80. The van der Waals surface area contributed by atoms with Crippen LogP contribution in [-0.4, -0.2) is 26.5 Å². The molecular weight excluding hydrogens is 330 g/mol. The summed E-state index contributed by atoms with van der Waals surface area (Å²) in [6.45, 7) is 5.68. The van der Waals surface area contributed by atoms with Gasteiger partial charge >= 0.3 is 0 Å². The highest BCUT2D eigenvalue weighted by molar-refractivity contribution is 6.00. The van der Waals surface area contributed by atoms with Gasteiger partial charge in [0.1, 0.15) is 12.4 Å². The molecule has 7 heteroatoms. The number of hydrogen-bond acceptors (Lipinski definition) is 5. The van der Waals surface area contributed by atoms with E-state index in [2.05, 4.69) is 34.6 Å². The van der Waals surface area contributed by atoms with E-state index >= 15 is 0 Å². The largest absolute Gasteiger partial charge is 0.328 e. The fourth-order valence-corrected chi connectivity index (χ4v) is 3.81. The molecule has 26 heavy (non-hydrogen) atoms. The number of anilines is 2. The van der Waals surface area contributed by atoms with Crippen LogP contribution in [0, 0.1) is 5.41 Å². The second kappa shape index (κ2) is 5.79. The summed E-state index contributed by atoms with van der Waals surface area (Å²) >= 11 is 0. The molecule has 2 N–H and O–H groups in total. The predicted molar refractivity (Wildman–Crippen MR) is 97.6 cm³/mol. The topological polar surface area (TPSA) is 88.9 Å². The minimum atomic E-state index is -0.307. The highest BCUT2D eigenvalue weighted by Crippen LogP contribution is 2.45. The van der Waals surface area contributed by atoms with Crippen LogP contribution >= 0.6 is 0 Å². The molecule has 2 aromatic rings. The fraction of sp³-hybridized carbons (Fsp3) is 0.368. The van der Waals surface area contributed by atoms with Crippen molar-refractivity contribution in [3.63, 3.8) is 0 Å². The van der Waals surface area contributed by atoms with E-state index in [-0.39, 0.29) is 23.1 Å². The number of nitrogens with zero attached hydrogens (tertiary/aromatic N) is 3. The van der Waals surface area contributed by atoms with E-state index in [0.29, 0.717) is 12.4 Å². The quantitative estimate of drug-likeness (QED) is 0.868. The van der Waals surface area contributed by atoms with Gasteiger partial charge in [0.15, 0.2) is 5.78 Å². The van der Waals surface area contributed by atoms with Crippen LogP contribution in [-0.2, 0) is 9.59 Å². The number of aromatic nitrogens is 3. The highest BCUT2D eigenvalue weighted by atomic mass is 16.1. The van der Waals surface area contributed by atoms with Gasteiger partial charge in [-0.05, 0) is 29.5 Å². The molecule has 1 aliphatic carbocycles. The third-order valence-electron chi connectivity index (χ3n) is 4.82. The lowest BCUT2D eigenvalue weighted by Crippen LogP contribution is -2.36. The van der Waals surface area contributed by atoms with Crippen LogP contribution in [0.4, 0.5) is 11.6 Å². The lowest BCUT2D eigenvalue weighted by molar-refractivity contribution is -0.118. The van der Waals surface area contributed by atoms with Gasteiger partial charge in [-0.3, -0.25) is 9.59 Å². The molecule has 1 aromatic carbocycles. The number of carbonyl (C=O) groups is 2. The maximum Gasteiger partial charge on any atom is 0.226 e. The van der Waals surface area contributed by atoms with E-state index in [1.54, 1.807) is 4.68 Å². The molecule has 1 atom stereocenters. The molecular formula is C19H21N5O2. The van der Waals surface area contributed by atoms with E-state index in [1.165, 1.54) is 13.3 Å². The van der Waals surface area contributed by atoms with Gasteiger partial charge in [0, 0.05) is 30.3 Å². The Morgan fingerprint density at radius 1 is 1.27 bits per heavy atom. The lowest BCUT2D eigenvalue weighted by Gasteiger charge is -2.38. The summed E-state index contributed by atoms with van der Waals surface area (Å²) in [5, 5.41) is 10.4. The molecule has 1 aromatic heterocycles. The number of hydrogen-bond donors (Lipinski definition) is 2. The molecule has 0 unspecified atom stereocenters. The number of amides is 1. The zero-order valence-electron chi connectivity index (χ0n) is 15.0. The van der Waals surface area contributed by atoms with Gasteiger partial charge in [-0.15, -0.1) is 0 Å². The first-order valence-corrected chi connectivity index (χ1v) is 8.64. The van der Waals surface area contributed by atoms with E-state index in [9.17, 15) is 9.59 Å². The normalized spacial score (nSPS) is 20.9. The first kappa shape index (κ1) is 16.5. The second-order valence-corrected chi connectivity index (χ2v) is 7.69. The number of carbonyl (C=O) groups excluding carboxylic acids is 2. The number of ketones is 1. The summed E-state index contributed by atoms with van der Waals surface area (Å²) in [4.78, 5) is 28.5. The van der Waals surface area contributed by atoms with Crippen molar-refractivity contribution in [1.29, 1.82) is 0 Å². The molecule has 0 spiro atoms. The van der Waals surface area contributed by atoms with Crippen LogP contribution < -0.4 is 10.6 Å². The van der Waals surface area contributed by atoms with Crippen LogP contribution in [0.1, 0.15) is 45.2 Å². The molecule has 2 aliphatic rings. The van der Waals surface area contributed by atoms with Gasteiger partial charge in [-0.25, -0.2) is 4.68 Å². The van der Waals surface area contributed by atoms with Gasteiger partial charge in [-0.1, -0.05) is 26.0 Å². The highest BCUT2D eigenvalue weighted by Gasteiger charge is 2.41. The average Bonchev–Trinajstić information content (AvgIpc) is 3.00. The van der Waals surface area contributed by atoms with Crippen molar-refractivity contribution in [2.45, 2.75) is 39.7 Å². The smallest absolute Gasteiger partial charge is 0.226 e. The molecule has 2 heterocycles. The summed E-state index contributed by atoms with van der Waals surface area (Å²) in [6, 6.07) is 7.22. The molecule has 1 amide bonds. The summed E-state index contributed by atoms with van der Waals surface area (Å²) < 4.78 is 1.75. The number of benzene rings is 1. The minimum absolute atomic E-state index is 0.0784. The first-order chi connectivity index (χ1) is 12.3. The number of rotatable bonds is 2. The van der Waals surface area contributed by atoms with Crippen molar-refractivity contribution < 1.29 is 9.59 Å². The summed E-state index contributed by atoms with van der Waals surface area (Å²) in [7, 11) is 0. The van der Waals surface area contributed by atoms with Crippen molar-refractivity contribution >= 4 is 23.3 Å². The van der Waals surface area contributed by atoms with Crippen molar-refractivity contribution in [3.05, 3.63) is 47.4 Å². The monoisotopic (exact) mass is 351 g/mol. The Hall–Kier alpha value is -2.96. The van der Waals surface area contributed by atoms with Gasteiger partial charge in [0.25, 0.3) is 0 Å².